The van der Waals surface area contributed by atoms with Gasteiger partial charge in [-0.15, -0.1) is 11.6 Å². The molecule has 0 saturated heterocycles. The number of H-pyrrole nitrogens is 1. The summed E-state index contributed by atoms with van der Waals surface area (Å²) in [4.78, 5) is 113. The summed E-state index contributed by atoms with van der Waals surface area (Å²) in [5.74, 6) is 2.21. The molecule has 0 aliphatic carbocycles. The molecule has 0 saturated carbocycles. The van der Waals surface area contributed by atoms with Crippen LogP contribution in [0.15, 0.2) is 309 Å². The zero-order valence-corrected chi connectivity index (χ0v) is 100. The van der Waals surface area contributed by atoms with E-state index >= 15 is 0 Å². The third kappa shape index (κ3) is 34.9. The Bertz CT molecular complexity index is 7130. The van der Waals surface area contributed by atoms with Crippen molar-refractivity contribution in [1.29, 1.82) is 0 Å². The van der Waals surface area contributed by atoms with Crippen molar-refractivity contribution in [2.45, 2.75) is 85.7 Å². The molecule has 4 aromatic heterocycles. The zero-order chi connectivity index (χ0) is 100. The van der Waals surface area contributed by atoms with Gasteiger partial charge in [0.1, 0.15) is 80.0 Å². The summed E-state index contributed by atoms with van der Waals surface area (Å²) in [6, 6.07) is 88.2. The number of halogens is 5. The first-order valence-electron chi connectivity index (χ1n) is 42.6. The minimum absolute atomic E-state index is 0. The zero-order valence-electron chi connectivity index (χ0n) is 81.8. The standard InChI is InChI=1S/C28H26BrNO5.C26H23BrN2O4.C24H18BrNO5.C16H12BrNO3.C12H15ClO2.CH2O3.CH4.2Cs.Li.H2O.H/c1-28(2,3)35-26(31)19-10-8-9-18(13-19)17-30-24-15-21(34-20-11-6-5-7-12-20)14-23(29)22(24)16-25(30)27(32)33-4;1-28(2)25(30)18-9-7-8-17(12-18)16-29-23-14-20(33-19-10-5-4-6-11-19)13-22(27)21(23)15-24(29)26(31)32-3;1-30-24(29)22-13-19-20(25)11-18(31-17-8-3-2-4-9-17)12-21(19)26(22)14-15-6-5-7-16(10-15)23(27)28;1-20-16(19)15-9-12-13(17)7-11(8-14(12)18-15)21-10-5-3-2-4-6-10;1-12(2,3)15-11(14)10-6-4-5-9(7-10)8-13;2-1-4-3;;;;;;/h5-16H,17H2,1-4H3;4-15H,16H2,1-3H3;2-13H,14H2,1H3,(H,27,28);2-9,18H,1H3;4-7H,8H2,1-3H3;1,3H;1H4;;;;1H2;/q;;;;;;;3*+1;;-1/p-2. The van der Waals surface area contributed by atoms with Crippen molar-refractivity contribution in [2.24, 2.45) is 0 Å². The van der Waals surface area contributed by atoms with E-state index in [4.69, 9.17) is 69.0 Å². The average Bonchev–Trinajstić information content (AvgIpc) is 1.64. The molecule has 734 valence electrons. The Kier molecular flexibility index (Phi) is 49.9. The van der Waals surface area contributed by atoms with Crippen LogP contribution in [-0.2, 0) is 63.6 Å². The summed E-state index contributed by atoms with van der Waals surface area (Å²) < 4.78 is 63.1. The number of aromatic nitrogens is 4. The molecule has 0 aliphatic rings. The van der Waals surface area contributed by atoms with Gasteiger partial charge in [-0.25, -0.2) is 33.6 Å². The number of esters is 6. The molecule has 36 heteroatoms. The van der Waals surface area contributed by atoms with Crippen molar-refractivity contribution >= 4 is 173 Å². The summed E-state index contributed by atoms with van der Waals surface area (Å²) in [6.45, 7) is 11.8. The number of benzene rings is 12. The van der Waals surface area contributed by atoms with Gasteiger partial charge in [0.25, 0.3) is 12.4 Å². The van der Waals surface area contributed by atoms with Gasteiger partial charge in [0.15, 0.2) is 0 Å². The molecule has 3 N–H and O–H groups in total. The SMILES string of the molecule is C.CC(C)(C)OC(=O)c1cccc(CCl)c1.COC(=O)c1cc2c(Br)cc(Oc3ccccc3)cc2[nH]1.COC(=O)c1cc2c(Br)cc(Oc3ccccc3)cc2n1Cc1cccc(C(=O)N(C)C)c1.COC(=O)c1cc2c(Br)cc(Oc3ccccc3)cc2n1Cc1cccc(C(=O)O)c1.COC(=O)c1cc2c(Br)cc(Oc3ccccc3)cc2n1Cc1cccc(C(=O)OC(C)(C)C)c1.O=CO[O-].[Cs+].[Cs+].[H-].[Li+].[OH-]. The van der Waals surface area contributed by atoms with Gasteiger partial charge >= 0.3 is 198 Å². The molecule has 144 heavy (non-hydrogen) atoms. The normalized spacial score (nSPS) is 10.4. The van der Waals surface area contributed by atoms with E-state index in [1.54, 1.807) is 97.5 Å². The van der Waals surface area contributed by atoms with Crippen molar-refractivity contribution in [1.82, 2.24) is 23.6 Å². The largest absolute Gasteiger partial charge is 1.00 e. The summed E-state index contributed by atoms with van der Waals surface area (Å²) in [6.07, 6.45) is 0. The van der Waals surface area contributed by atoms with Crippen molar-refractivity contribution < 1.29 is 269 Å². The van der Waals surface area contributed by atoms with E-state index in [2.05, 4.69) is 73.6 Å². The number of rotatable bonds is 24. The number of fused-ring (bicyclic) bond motifs is 4. The molecule has 0 bridgehead atoms. The van der Waals surface area contributed by atoms with E-state index in [1.165, 1.54) is 39.4 Å². The average molecular weight is 2460 g/mol. The van der Waals surface area contributed by atoms with E-state index in [-0.39, 0.29) is 201 Å². The Morgan fingerprint density at radius 3 is 0.972 bits per heavy atom. The minimum atomic E-state index is -1.01. The number of alkyl halides is 1. The molecule has 0 spiro atoms. The first kappa shape index (κ1) is 123. The van der Waals surface area contributed by atoms with Crippen LogP contribution in [0.25, 0.3) is 43.6 Å². The molecular formula is C108H101Br4ClCs2LiN5O23. The van der Waals surface area contributed by atoms with E-state index in [9.17, 15) is 43.5 Å². The van der Waals surface area contributed by atoms with Gasteiger partial charge in [-0.2, -0.15) is 0 Å². The molecule has 28 nitrogen and oxygen atoms in total. The Morgan fingerprint density at radius 1 is 0.389 bits per heavy atom. The van der Waals surface area contributed by atoms with Crippen molar-refractivity contribution in [2.75, 3.05) is 42.5 Å². The van der Waals surface area contributed by atoms with Gasteiger partial charge in [-0.05, 0) is 273 Å². The van der Waals surface area contributed by atoms with E-state index in [1.807, 2.05) is 257 Å². The number of para-hydroxylation sites is 4. The van der Waals surface area contributed by atoms with E-state index in [0.29, 0.717) is 98.7 Å². The molecule has 0 radical (unpaired) electrons. The molecule has 0 unspecified atom stereocenters. The smallest absolute Gasteiger partial charge is 1.00 e. The molecule has 0 fully saturated rings. The number of hydrogen-bond donors (Lipinski definition) is 2. The Hall–Kier alpha value is -9.94. The maximum Gasteiger partial charge on any atom is 1.00 e. The van der Waals surface area contributed by atoms with Crippen LogP contribution in [0, 0.1) is 0 Å². The summed E-state index contributed by atoms with van der Waals surface area (Å²) in [7, 11) is 8.83. The molecule has 16 rings (SSSR count). The van der Waals surface area contributed by atoms with Crippen molar-refractivity contribution in [3.63, 3.8) is 0 Å². The number of aromatic amines is 1. The number of carbonyl (C=O) groups is 9. The molecule has 0 aliphatic heterocycles. The number of carboxylic acids is 1. The second-order valence-electron chi connectivity index (χ2n) is 32.7. The minimum Gasteiger partial charge on any atom is -1.00 e. The third-order valence-corrected chi connectivity index (χ3v) is 23.0. The molecule has 1 amide bonds. The molecule has 0 atom stereocenters. The maximum absolute atomic E-state index is 12.6. The fourth-order valence-electron chi connectivity index (χ4n) is 14.0. The summed E-state index contributed by atoms with van der Waals surface area (Å²) in [5, 5.41) is 21.1. The second-order valence-corrected chi connectivity index (χ2v) is 36.4. The summed E-state index contributed by atoms with van der Waals surface area (Å²) >= 11 is 20.0. The number of nitrogens with zero attached hydrogens (tertiary/aromatic N) is 4. The van der Waals surface area contributed by atoms with Gasteiger partial charge in [0.05, 0.1) is 67.2 Å². The number of carbonyl (C=O) groups excluding carboxylic acids is 8. The predicted octanol–water partition coefficient (Wildman–Crippen LogP) is 16.4. The van der Waals surface area contributed by atoms with Crippen LogP contribution in [0.1, 0.15) is 156 Å². The number of aromatic carboxylic acids is 1. The number of ether oxygens (including phenoxy) is 10. The number of nitrogens with one attached hydrogen (secondary N) is 1. The van der Waals surface area contributed by atoms with Crippen LogP contribution in [0.5, 0.6) is 46.0 Å². The number of hydrogen-bond acceptors (Lipinski definition) is 22. The molecular weight excluding hydrogens is 2360 g/mol. The van der Waals surface area contributed by atoms with Gasteiger partial charge in [0.2, 0.25) is 0 Å². The number of methoxy groups -OCH3 is 4. The topological polar surface area (TPSA) is 362 Å². The van der Waals surface area contributed by atoms with Gasteiger partial charge in [0, 0.05) is 109 Å². The van der Waals surface area contributed by atoms with Crippen molar-refractivity contribution in [3.8, 4) is 46.0 Å². The van der Waals surface area contributed by atoms with Gasteiger partial charge in [-0.1, -0.05) is 129 Å². The first-order valence-corrected chi connectivity index (χ1v) is 46.3. The van der Waals surface area contributed by atoms with Crippen LogP contribution in [0.4, 0.5) is 0 Å². The monoisotopic (exact) mass is 2460 g/mol. The van der Waals surface area contributed by atoms with Crippen LogP contribution < -0.4 is 181 Å². The van der Waals surface area contributed by atoms with Gasteiger partial charge < -0.3 is 93.1 Å². The van der Waals surface area contributed by atoms with Crippen LogP contribution in [-0.4, -0.2) is 142 Å². The van der Waals surface area contributed by atoms with Crippen molar-refractivity contribution in [3.05, 3.63) is 376 Å². The van der Waals surface area contributed by atoms with Crippen LogP contribution in [0.2, 0.25) is 0 Å². The number of amides is 1. The fraction of sp³-hybridized carbons (Fsp3) is 0.176. The molecule has 12 aromatic carbocycles. The van der Waals surface area contributed by atoms with E-state index < -0.39 is 47.0 Å². The predicted molar refractivity (Wildman–Crippen MR) is 551 cm³/mol. The van der Waals surface area contributed by atoms with Crippen LogP contribution in [0.3, 0.4) is 0 Å². The molecule has 4 heterocycles. The van der Waals surface area contributed by atoms with E-state index in [0.717, 1.165) is 89.5 Å². The molecule has 16 aromatic rings. The third-order valence-electron chi connectivity index (χ3n) is 20.1. The van der Waals surface area contributed by atoms with Crippen LogP contribution >= 0.6 is 75.3 Å². The fourth-order valence-corrected chi connectivity index (χ4v) is 16.3. The summed E-state index contributed by atoms with van der Waals surface area (Å²) in [5.41, 5.74) is 8.79. The Morgan fingerprint density at radius 2 is 0.674 bits per heavy atom. The number of carboxylic acid groups (broad SMARTS) is 1. The van der Waals surface area contributed by atoms with Gasteiger partial charge in [-0.3, -0.25) is 9.59 Å². The Labute approximate surface area is 1000 Å². The second kappa shape index (κ2) is 58.6. The maximum atomic E-state index is 12.6. The quantitative estimate of drug-likeness (QED) is 0.0108. The first-order chi connectivity index (χ1) is 66.5. The Balaban J connectivity index is 0.000000320.